The number of hydrogen-bond acceptors (Lipinski definition) is 3. The summed E-state index contributed by atoms with van der Waals surface area (Å²) in [4.78, 5) is 12.5. The number of aryl methyl sites for hydroxylation is 2. The Hall–Kier alpha value is -1.60. The van der Waals surface area contributed by atoms with Gasteiger partial charge in [-0.3, -0.25) is 4.79 Å². The summed E-state index contributed by atoms with van der Waals surface area (Å²) in [6.45, 7) is 3.91. The number of methoxy groups -OCH3 is 1. The highest BCUT2D eigenvalue weighted by atomic mass is 127. The van der Waals surface area contributed by atoms with Gasteiger partial charge in [0.05, 0.1) is 10.7 Å². The normalized spacial score (nSPS) is 11.0. The van der Waals surface area contributed by atoms with Gasteiger partial charge in [0, 0.05) is 14.8 Å². The summed E-state index contributed by atoms with van der Waals surface area (Å²) in [6.07, 6.45) is 1.56. The van der Waals surface area contributed by atoms with E-state index in [1.165, 1.54) is 0 Å². The molecule has 0 unspecified atom stereocenters. The van der Waals surface area contributed by atoms with Crippen molar-refractivity contribution in [3.05, 3.63) is 59.7 Å². The first kappa shape index (κ1) is 19.7. The lowest BCUT2D eigenvalue weighted by Crippen LogP contribution is -2.14. The first-order valence-electron chi connectivity index (χ1n) is 7.39. The van der Waals surface area contributed by atoms with E-state index in [2.05, 4.69) is 50.5 Å². The van der Waals surface area contributed by atoms with Gasteiger partial charge in [0.25, 0.3) is 5.91 Å². The van der Waals surface area contributed by atoms with E-state index in [0.717, 1.165) is 18.3 Å². The summed E-state index contributed by atoms with van der Waals surface area (Å²) in [5.74, 6) is 0.207. The van der Waals surface area contributed by atoms with E-state index >= 15 is 0 Å². The molecule has 0 aliphatic rings. The van der Waals surface area contributed by atoms with Crippen molar-refractivity contribution in [1.29, 1.82) is 5.26 Å². The van der Waals surface area contributed by atoms with Crippen molar-refractivity contribution < 1.29 is 9.53 Å². The van der Waals surface area contributed by atoms with Crippen LogP contribution in [-0.2, 0) is 4.79 Å². The Balaban J connectivity index is 2.38. The Kier molecular flexibility index (Phi) is 6.84. The number of carbonyl (C=O) groups excluding carboxylic acids is 1. The maximum atomic E-state index is 12.5. The lowest BCUT2D eigenvalue weighted by Gasteiger charge is -2.10. The minimum Gasteiger partial charge on any atom is -0.495 e. The maximum absolute atomic E-state index is 12.5. The maximum Gasteiger partial charge on any atom is 0.266 e. The molecule has 0 saturated heterocycles. The van der Waals surface area contributed by atoms with Gasteiger partial charge in [-0.2, -0.15) is 5.26 Å². The van der Waals surface area contributed by atoms with Crippen LogP contribution in [0.5, 0.6) is 5.75 Å². The van der Waals surface area contributed by atoms with Gasteiger partial charge in [-0.25, -0.2) is 0 Å². The predicted molar refractivity (Wildman–Crippen MR) is 117 cm³/mol. The van der Waals surface area contributed by atoms with Gasteiger partial charge in [0.15, 0.2) is 0 Å². The highest BCUT2D eigenvalue weighted by Gasteiger charge is 2.14. The number of nitrogens with one attached hydrogen (secondary N) is 1. The van der Waals surface area contributed by atoms with Crippen molar-refractivity contribution in [2.45, 2.75) is 13.8 Å². The molecule has 0 radical (unpaired) electrons. The number of carbonyl (C=O) groups is 1. The molecule has 2 rings (SSSR count). The Morgan fingerprint density at radius 2 is 1.96 bits per heavy atom. The Bertz CT molecular complexity index is 899. The Morgan fingerprint density at radius 3 is 2.56 bits per heavy atom. The molecular formula is C19H16I2N2O2. The number of benzene rings is 2. The number of anilines is 1. The summed E-state index contributed by atoms with van der Waals surface area (Å²) in [6, 6.07) is 11.6. The number of rotatable bonds is 4. The molecule has 2 aromatic rings. The van der Waals surface area contributed by atoms with Crippen molar-refractivity contribution in [3.8, 4) is 11.8 Å². The SMILES string of the molecule is COc1c(I)cc(I)cc1/C=C(\C#N)C(=O)Nc1ccc(C)cc1C. The number of nitrogens with zero attached hydrogens (tertiary/aromatic N) is 1. The van der Waals surface area contributed by atoms with Crippen molar-refractivity contribution in [3.63, 3.8) is 0 Å². The minimum absolute atomic E-state index is 0.0241. The summed E-state index contributed by atoms with van der Waals surface area (Å²) >= 11 is 4.36. The fourth-order valence-corrected chi connectivity index (χ4v) is 4.46. The van der Waals surface area contributed by atoms with Gasteiger partial charge in [0.1, 0.15) is 17.4 Å². The standard InChI is InChI=1S/C19H16I2N2O2/c1-11-4-5-17(12(2)6-11)23-19(24)14(10-22)7-13-8-15(20)9-16(21)18(13)25-3/h4-9H,1-3H3,(H,23,24)/b14-7+. The molecule has 0 spiro atoms. The second-order valence-corrected chi connectivity index (χ2v) is 7.86. The molecular weight excluding hydrogens is 542 g/mol. The molecule has 0 aliphatic carbocycles. The van der Waals surface area contributed by atoms with Crippen LogP contribution in [0, 0.1) is 32.3 Å². The molecule has 0 aromatic heterocycles. The van der Waals surface area contributed by atoms with Crippen molar-refractivity contribution in [2.24, 2.45) is 0 Å². The van der Waals surface area contributed by atoms with E-state index < -0.39 is 5.91 Å². The first-order chi connectivity index (χ1) is 11.8. The summed E-state index contributed by atoms with van der Waals surface area (Å²) < 4.78 is 7.33. The molecule has 2 aromatic carbocycles. The molecule has 4 nitrogen and oxygen atoms in total. The number of halogens is 2. The third-order valence-electron chi connectivity index (χ3n) is 3.54. The Labute approximate surface area is 174 Å². The molecule has 128 valence electrons. The van der Waals surface area contributed by atoms with Crippen LogP contribution in [0.15, 0.2) is 35.9 Å². The second-order valence-electron chi connectivity index (χ2n) is 5.45. The molecule has 0 aliphatic heterocycles. The van der Waals surface area contributed by atoms with Crippen LogP contribution in [0.4, 0.5) is 5.69 Å². The molecule has 0 bridgehead atoms. The molecule has 1 N–H and O–H groups in total. The number of nitriles is 1. The van der Waals surface area contributed by atoms with Crippen LogP contribution in [0.3, 0.4) is 0 Å². The zero-order valence-electron chi connectivity index (χ0n) is 14.0. The van der Waals surface area contributed by atoms with E-state index in [0.29, 0.717) is 17.0 Å². The van der Waals surface area contributed by atoms with Gasteiger partial charge in [0.2, 0.25) is 0 Å². The Morgan fingerprint density at radius 1 is 1.24 bits per heavy atom. The molecule has 6 heteroatoms. The van der Waals surface area contributed by atoms with Crippen LogP contribution in [-0.4, -0.2) is 13.0 Å². The number of ether oxygens (including phenoxy) is 1. The fourth-order valence-electron chi connectivity index (χ4n) is 2.35. The topological polar surface area (TPSA) is 62.1 Å². The minimum atomic E-state index is -0.439. The van der Waals surface area contributed by atoms with E-state index in [4.69, 9.17) is 4.74 Å². The van der Waals surface area contributed by atoms with Crippen LogP contribution in [0.25, 0.3) is 6.08 Å². The van der Waals surface area contributed by atoms with Crippen LogP contribution in [0.2, 0.25) is 0 Å². The molecule has 0 fully saturated rings. The summed E-state index contributed by atoms with van der Waals surface area (Å²) in [5.41, 5.74) is 3.49. The molecule has 0 saturated carbocycles. The highest BCUT2D eigenvalue weighted by molar-refractivity contribution is 14.1. The second kappa shape index (κ2) is 8.67. The highest BCUT2D eigenvalue weighted by Crippen LogP contribution is 2.30. The lowest BCUT2D eigenvalue weighted by molar-refractivity contribution is -0.112. The van der Waals surface area contributed by atoms with Crippen molar-refractivity contribution in [1.82, 2.24) is 0 Å². The lowest BCUT2D eigenvalue weighted by atomic mass is 10.1. The van der Waals surface area contributed by atoms with E-state index in [9.17, 15) is 10.1 Å². The van der Waals surface area contributed by atoms with Gasteiger partial charge >= 0.3 is 0 Å². The zero-order valence-corrected chi connectivity index (χ0v) is 18.3. The van der Waals surface area contributed by atoms with Gasteiger partial charge < -0.3 is 10.1 Å². The summed E-state index contributed by atoms with van der Waals surface area (Å²) in [5, 5.41) is 12.2. The van der Waals surface area contributed by atoms with Gasteiger partial charge in [-0.05, 0) is 88.9 Å². The van der Waals surface area contributed by atoms with Crippen LogP contribution in [0.1, 0.15) is 16.7 Å². The number of hydrogen-bond donors (Lipinski definition) is 1. The monoisotopic (exact) mass is 558 g/mol. The molecule has 25 heavy (non-hydrogen) atoms. The molecule has 0 atom stereocenters. The average molecular weight is 558 g/mol. The largest absolute Gasteiger partial charge is 0.495 e. The van der Waals surface area contributed by atoms with Gasteiger partial charge in [-0.1, -0.05) is 17.7 Å². The van der Waals surface area contributed by atoms with Crippen LogP contribution < -0.4 is 10.1 Å². The number of amides is 1. The van der Waals surface area contributed by atoms with E-state index in [-0.39, 0.29) is 5.57 Å². The summed E-state index contributed by atoms with van der Waals surface area (Å²) in [7, 11) is 1.57. The van der Waals surface area contributed by atoms with E-state index in [1.54, 1.807) is 13.2 Å². The average Bonchev–Trinajstić information content (AvgIpc) is 2.54. The van der Waals surface area contributed by atoms with Gasteiger partial charge in [-0.15, -0.1) is 0 Å². The first-order valence-corrected chi connectivity index (χ1v) is 9.55. The quantitative estimate of drug-likeness (QED) is 0.324. The third kappa shape index (κ3) is 4.95. The van der Waals surface area contributed by atoms with Crippen LogP contribution >= 0.6 is 45.2 Å². The van der Waals surface area contributed by atoms with E-state index in [1.807, 2.05) is 50.2 Å². The third-order valence-corrected chi connectivity index (χ3v) is 4.96. The molecule has 0 heterocycles. The smallest absolute Gasteiger partial charge is 0.266 e. The van der Waals surface area contributed by atoms with Crippen molar-refractivity contribution >= 4 is 62.9 Å². The molecule has 1 amide bonds. The fraction of sp³-hybridized carbons (Fsp3) is 0.158. The van der Waals surface area contributed by atoms with Crippen molar-refractivity contribution in [2.75, 3.05) is 12.4 Å². The predicted octanol–water partition coefficient (Wildman–Crippen LogP) is 5.07. The zero-order chi connectivity index (χ0) is 18.6.